The Labute approximate surface area is 143 Å². The lowest BCUT2D eigenvalue weighted by Crippen LogP contribution is -1.94. The molecule has 0 aliphatic heterocycles. The van der Waals surface area contributed by atoms with E-state index in [-0.39, 0.29) is 0 Å². The van der Waals surface area contributed by atoms with Crippen LogP contribution in [0.5, 0.6) is 0 Å². The van der Waals surface area contributed by atoms with E-state index in [1.807, 2.05) is 18.3 Å². The minimum atomic E-state index is 0.618. The number of terminal acetylenes is 1. The van der Waals surface area contributed by atoms with Crippen molar-refractivity contribution in [1.82, 2.24) is 9.97 Å². The highest BCUT2D eigenvalue weighted by Gasteiger charge is 2.19. The van der Waals surface area contributed by atoms with E-state index in [0.29, 0.717) is 5.92 Å². The van der Waals surface area contributed by atoms with Gasteiger partial charge in [-0.3, -0.25) is 0 Å². The highest BCUT2D eigenvalue weighted by Crippen LogP contribution is 2.33. The van der Waals surface area contributed by atoms with Crippen LogP contribution in [0.2, 0.25) is 0 Å². The van der Waals surface area contributed by atoms with Crippen LogP contribution in [-0.2, 0) is 0 Å². The minimum Gasteiger partial charge on any atom is -0.342 e. The molecule has 2 heteroatoms. The molecule has 1 aliphatic carbocycles. The summed E-state index contributed by atoms with van der Waals surface area (Å²) in [5.74, 6) is 4.42. The van der Waals surface area contributed by atoms with Crippen LogP contribution in [0.25, 0.3) is 22.4 Å². The molecule has 1 aliphatic rings. The van der Waals surface area contributed by atoms with E-state index in [1.165, 1.54) is 42.4 Å². The van der Waals surface area contributed by atoms with Crippen LogP contribution in [0.15, 0.2) is 54.7 Å². The van der Waals surface area contributed by atoms with Gasteiger partial charge in [0.1, 0.15) is 5.82 Å². The van der Waals surface area contributed by atoms with Crippen LogP contribution in [0.3, 0.4) is 0 Å². The number of aromatic amines is 1. The normalized spacial score (nSPS) is 14.6. The molecule has 3 aromatic rings. The quantitative estimate of drug-likeness (QED) is 0.646. The van der Waals surface area contributed by atoms with Gasteiger partial charge in [0.15, 0.2) is 0 Å². The summed E-state index contributed by atoms with van der Waals surface area (Å²) < 4.78 is 0. The first-order valence-corrected chi connectivity index (χ1v) is 8.56. The van der Waals surface area contributed by atoms with E-state index in [4.69, 9.17) is 6.42 Å². The molecule has 1 fully saturated rings. The number of nitrogens with one attached hydrogen (secondary N) is 1. The molecular formula is C22H20N2. The number of hydrogen-bond donors (Lipinski definition) is 1. The van der Waals surface area contributed by atoms with Gasteiger partial charge < -0.3 is 4.98 Å². The Morgan fingerprint density at radius 1 is 0.875 bits per heavy atom. The predicted octanol–water partition coefficient (Wildman–Crippen LogP) is 5.38. The lowest BCUT2D eigenvalue weighted by Gasteiger charge is -2.05. The molecule has 1 aromatic heterocycles. The van der Waals surface area contributed by atoms with Gasteiger partial charge in [-0.05, 0) is 41.7 Å². The molecule has 0 amide bonds. The van der Waals surface area contributed by atoms with Crippen LogP contribution < -0.4 is 0 Å². The molecule has 24 heavy (non-hydrogen) atoms. The summed E-state index contributed by atoms with van der Waals surface area (Å²) in [6.45, 7) is 0. The van der Waals surface area contributed by atoms with Gasteiger partial charge in [0.25, 0.3) is 0 Å². The smallest absolute Gasteiger partial charge is 0.109 e. The fourth-order valence-corrected chi connectivity index (χ4v) is 3.49. The van der Waals surface area contributed by atoms with Crippen molar-refractivity contribution in [3.05, 3.63) is 66.1 Å². The molecule has 0 spiro atoms. The van der Waals surface area contributed by atoms with Crippen molar-refractivity contribution in [3.8, 4) is 34.7 Å². The Morgan fingerprint density at radius 2 is 1.46 bits per heavy atom. The Balaban J connectivity index is 1.56. The molecule has 0 atom stereocenters. The predicted molar refractivity (Wildman–Crippen MR) is 98.6 cm³/mol. The van der Waals surface area contributed by atoms with Crippen molar-refractivity contribution in [1.29, 1.82) is 0 Å². The first kappa shape index (κ1) is 14.8. The van der Waals surface area contributed by atoms with Crippen molar-refractivity contribution in [2.75, 3.05) is 0 Å². The minimum absolute atomic E-state index is 0.618. The van der Waals surface area contributed by atoms with Crippen molar-refractivity contribution in [2.24, 2.45) is 0 Å². The third kappa shape index (κ3) is 2.86. The van der Waals surface area contributed by atoms with Gasteiger partial charge in [0, 0.05) is 11.5 Å². The van der Waals surface area contributed by atoms with E-state index in [9.17, 15) is 0 Å². The summed E-state index contributed by atoms with van der Waals surface area (Å²) in [5.41, 5.74) is 5.56. The summed E-state index contributed by atoms with van der Waals surface area (Å²) in [5, 5.41) is 0. The SMILES string of the molecule is C#Cc1ccc(-c2ccc(-c3cnc(C4CCCC4)[nH]3)cc2)cc1. The molecule has 0 saturated heterocycles. The lowest BCUT2D eigenvalue weighted by atomic mass is 10.0. The zero-order chi connectivity index (χ0) is 16.4. The Bertz CT molecular complexity index is 858. The molecule has 0 radical (unpaired) electrons. The monoisotopic (exact) mass is 312 g/mol. The average molecular weight is 312 g/mol. The zero-order valence-electron chi connectivity index (χ0n) is 13.6. The third-order valence-electron chi connectivity index (χ3n) is 4.92. The fraction of sp³-hybridized carbons (Fsp3) is 0.227. The van der Waals surface area contributed by atoms with Crippen LogP contribution in [0, 0.1) is 12.3 Å². The van der Waals surface area contributed by atoms with Crippen molar-refractivity contribution < 1.29 is 0 Å². The molecule has 2 aromatic carbocycles. The zero-order valence-corrected chi connectivity index (χ0v) is 13.6. The number of rotatable bonds is 3. The molecule has 118 valence electrons. The van der Waals surface area contributed by atoms with Gasteiger partial charge >= 0.3 is 0 Å². The van der Waals surface area contributed by atoms with Gasteiger partial charge in [-0.15, -0.1) is 6.42 Å². The summed E-state index contributed by atoms with van der Waals surface area (Å²) in [4.78, 5) is 8.11. The Morgan fingerprint density at radius 3 is 2.08 bits per heavy atom. The second-order valence-corrected chi connectivity index (χ2v) is 6.46. The summed E-state index contributed by atoms with van der Waals surface area (Å²) in [6.07, 6.45) is 12.6. The Kier molecular flexibility index (Phi) is 3.92. The van der Waals surface area contributed by atoms with Crippen LogP contribution in [-0.4, -0.2) is 9.97 Å². The molecule has 1 heterocycles. The maximum Gasteiger partial charge on any atom is 0.109 e. The fourth-order valence-electron chi connectivity index (χ4n) is 3.49. The van der Waals surface area contributed by atoms with Crippen LogP contribution >= 0.6 is 0 Å². The molecule has 0 bridgehead atoms. The average Bonchev–Trinajstić information content (AvgIpc) is 3.33. The number of nitrogens with zero attached hydrogens (tertiary/aromatic N) is 1. The van der Waals surface area contributed by atoms with E-state index < -0.39 is 0 Å². The molecule has 0 unspecified atom stereocenters. The number of H-pyrrole nitrogens is 1. The van der Waals surface area contributed by atoms with E-state index in [0.717, 1.165) is 17.1 Å². The molecule has 1 saturated carbocycles. The second kappa shape index (κ2) is 6.37. The van der Waals surface area contributed by atoms with Gasteiger partial charge in [-0.25, -0.2) is 4.98 Å². The van der Waals surface area contributed by atoms with Gasteiger partial charge in [-0.1, -0.05) is 55.2 Å². The first-order valence-electron chi connectivity index (χ1n) is 8.56. The second-order valence-electron chi connectivity index (χ2n) is 6.46. The number of aromatic nitrogens is 2. The molecule has 4 rings (SSSR count). The van der Waals surface area contributed by atoms with E-state index >= 15 is 0 Å². The standard InChI is InChI=1S/C22H20N2/c1-2-16-7-9-17(10-8-16)18-11-13-19(14-12-18)21-15-23-22(24-21)20-5-3-4-6-20/h1,7-15,20H,3-6H2,(H,23,24). The lowest BCUT2D eigenvalue weighted by molar-refractivity contribution is 0.679. The highest BCUT2D eigenvalue weighted by atomic mass is 14.9. The largest absolute Gasteiger partial charge is 0.342 e. The summed E-state index contributed by atoms with van der Waals surface area (Å²) in [6, 6.07) is 16.7. The summed E-state index contributed by atoms with van der Waals surface area (Å²) in [7, 11) is 0. The van der Waals surface area contributed by atoms with Crippen molar-refractivity contribution in [2.45, 2.75) is 31.6 Å². The van der Waals surface area contributed by atoms with E-state index in [1.54, 1.807) is 0 Å². The van der Waals surface area contributed by atoms with Crippen LogP contribution in [0.1, 0.15) is 43.0 Å². The number of hydrogen-bond acceptors (Lipinski definition) is 1. The maximum atomic E-state index is 5.41. The van der Waals surface area contributed by atoms with Crippen molar-refractivity contribution >= 4 is 0 Å². The first-order chi connectivity index (χ1) is 11.8. The molecule has 2 nitrogen and oxygen atoms in total. The summed E-state index contributed by atoms with van der Waals surface area (Å²) >= 11 is 0. The Hall–Kier alpha value is -2.79. The van der Waals surface area contributed by atoms with Crippen LogP contribution in [0.4, 0.5) is 0 Å². The molecular weight excluding hydrogens is 292 g/mol. The molecule has 1 N–H and O–H groups in total. The van der Waals surface area contributed by atoms with Gasteiger partial charge in [0.2, 0.25) is 0 Å². The number of benzene rings is 2. The topological polar surface area (TPSA) is 28.7 Å². The van der Waals surface area contributed by atoms with E-state index in [2.05, 4.69) is 52.3 Å². The van der Waals surface area contributed by atoms with Gasteiger partial charge in [0.05, 0.1) is 11.9 Å². The van der Waals surface area contributed by atoms with Crippen molar-refractivity contribution in [3.63, 3.8) is 0 Å². The van der Waals surface area contributed by atoms with Gasteiger partial charge in [-0.2, -0.15) is 0 Å². The third-order valence-corrected chi connectivity index (χ3v) is 4.92. The highest BCUT2D eigenvalue weighted by molar-refractivity contribution is 5.69. The number of imidazole rings is 1. The maximum absolute atomic E-state index is 5.41.